The second kappa shape index (κ2) is 7.56. The minimum absolute atomic E-state index is 0.0463. The largest absolute Gasteiger partial charge is 0.456 e. The van der Waals surface area contributed by atoms with Gasteiger partial charge in [0.15, 0.2) is 0 Å². The summed E-state index contributed by atoms with van der Waals surface area (Å²) in [6.07, 6.45) is 2.85. The average Bonchev–Trinajstić information content (AvgIpc) is 3.26. The molecule has 7 heteroatoms. The number of fused-ring (bicyclic) bond motifs is 1. The second-order valence-electron chi connectivity index (χ2n) is 6.88. The van der Waals surface area contributed by atoms with Crippen molar-refractivity contribution in [2.45, 2.75) is 13.5 Å². The molecule has 2 aromatic carbocycles. The molecular formula is C22H17ClN2O4. The molecule has 0 atom stereocenters. The number of nitrogens with zero attached hydrogens (tertiary/aromatic N) is 1. The third-order valence-corrected chi connectivity index (χ3v) is 4.94. The molecule has 1 amide bonds. The summed E-state index contributed by atoms with van der Waals surface area (Å²) in [7, 11) is 0. The van der Waals surface area contributed by atoms with Crippen molar-refractivity contribution in [3.8, 4) is 0 Å². The van der Waals surface area contributed by atoms with E-state index >= 15 is 0 Å². The monoisotopic (exact) mass is 408 g/mol. The predicted molar refractivity (Wildman–Crippen MR) is 109 cm³/mol. The molecule has 2 heterocycles. The quantitative estimate of drug-likeness (QED) is 0.399. The molecule has 1 aromatic heterocycles. The topological polar surface area (TPSA) is 77.4 Å². The lowest BCUT2D eigenvalue weighted by atomic mass is 10.1. The van der Waals surface area contributed by atoms with Gasteiger partial charge < -0.3 is 14.6 Å². The smallest absolute Gasteiger partial charge is 0.333 e. The summed E-state index contributed by atoms with van der Waals surface area (Å²) in [5.74, 6) is -2.01. The summed E-state index contributed by atoms with van der Waals surface area (Å²) in [6, 6.07) is 13.2. The van der Waals surface area contributed by atoms with Crippen molar-refractivity contribution in [2.75, 3.05) is 6.61 Å². The lowest BCUT2D eigenvalue weighted by Crippen LogP contribution is -2.31. The number of carbonyl (C=O) groups is 3. The number of halogens is 1. The van der Waals surface area contributed by atoms with Crippen LogP contribution in [0.3, 0.4) is 0 Å². The number of aromatic nitrogens is 1. The Morgan fingerprint density at radius 1 is 1.17 bits per heavy atom. The highest BCUT2D eigenvalue weighted by atomic mass is 35.5. The standard InChI is InChI=1S/C22H17ClN2O4/c1-13-2-7-19-17(8-13)18(11-25(19)10-14-3-5-15(23)6-4-14)21(27)22(28)24-16-9-20(26)29-12-16/h2-9,11H,10,12H2,1H3,(H,24,28). The van der Waals surface area contributed by atoms with E-state index in [1.807, 2.05) is 54.0 Å². The molecule has 1 aliphatic rings. The van der Waals surface area contributed by atoms with Gasteiger partial charge in [0.05, 0.1) is 11.3 Å². The molecule has 1 N–H and O–H groups in total. The van der Waals surface area contributed by atoms with E-state index < -0.39 is 17.7 Å². The molecule has 146 valence electrons. The number of cyclic esters (lactones) is 1. The van der Waals surface area contributed by atoms with Gasteiger partial charge in [0.2, 0.25) is 0 Å². The fourth-order valence-corrected chi connectivity index (χ4v) is 3.41. The van der Waals surface area contributed by atoms with Crippen LogP contribution in [-0.4, -0.2) is 28.8 Å². The van der Waals surface area contributed by atoms with Crippen molar-refractivity contribution in [3.05, 3.63) is 82.1 Å². The van der Waals surface area contributed by atoms with Gasteiger partial charge in [-0.25, -0.2) is 4.79 Å². The third kappa shape index (κ3) is 3.93. The van der Waals surface area contributed by atoms with Crippen molar-refractivity contribution in [3.63, 3.8) is 0 Å². The maximum Gasteiger partial charge on any atom is 0.333 e. The predicted octanol–water partition coefficient (Wildman–Crippen LogP) is 3.39. The fraction of sp³-hybridized carbons (Fsp3) is 0.136. The van der Waals surface area contributed by atoms with Crippen LogP contribution in [0.25, 0.3) is 10.9 Å². The number of aryl methyl sites for hydroxylation is 1. The molecule has 1 aliphatic heterocycles. The van der Waals surface area contributed by atoms with Crippen LogP contribution in [0, 0.1) is 6.92 Å². The molecule has 29 heavy (non-hydrogen) atoms. The van der Waals surface area contributed by atoms with E-state index in [1.54, 1.807) is 6.20 Å². The van der Waals surface area contributed by atoms with Crippen LogP contribution in [-0.2, 0) is 20.9 Å². The van der Waals surface area contributed by atoms with Crippen LogP contribution in [0.2, 0.25) is 5.02 Å². The van der Waals surface area contributed by atoms with Gasteiger partial charge in [0.25, 0.3) is 11.7 Å². The number of carbonyl (C=O) groups excluding carboxylic acids is 3. The molecule has 0 saturated carbocycles. The van der Waals surface area contributed by atoms with E-state index in [-0.39, 0.29) is 12.3 Å². The van der Waals surface area contributed by atoms with Crippen LogP contribution in [0.5, 0.6) is 0 Å². The van der Waals surface area contributed by atoms with Gasteiger partial charge in [0, 0.05) is 34.7 Å². The maximum absolute atomic E-state index is 12.9. The SMILES string of the molecule is Cc1ccc2c(c1)c(C(=O)C(=O)NC1=CC(=O)OC1)cn2Cc1ccc(Cl)cc1. The third-order valence-electron chi connectivity index (χ3n) is 4.69. The Bertz CT molecular complexity index is 1180. The van der Waals surface area contributed by atoms with Crippen LogP contribution in [0.1, 0.15) is 21.5 Å². The van der Waals surface area contributed by atoms with Gasteiger partial charge in [-0.1, -0.05) is 35.4 Å². The van der Waals surface area contributed by atoms with Crippen LogP contribution in [0.15, 0.2) is 60.4 Å². The maximum atomic E-state index is 12.9. The highest BCUT2D eigenvalue weighted by Crippen LogP contribution is 2.25. The molecule has 0 saturated heterocycles. The zero-order valence-corrected chi connectivity index (χ0v) is 16.3. The second-order valence-corrected chi connectivity index (χ2v) is 7.31. The first-order valence-corrected chi connectivity index (χ1v) is 9.35. The van der Waals surface area contributed by atoms with Gasteiger partial charge in [-0.15, -0.1) is 0 Å². The molecule has 0 fully saturated rings. The molecule has 0 spiro atoms. The number of amides is 1. The zero-order valence-electron chi connectivity index (χ0n) is 15.6. The van der Waals surface area contributed by atoms with Crippen LogP contribution >= 0.6 is 11.6 Å². The summed E-state index contributed by atoms with van der Waals surface area (Å²) in [5, 5.41) is 3.81. The molecule has 0 unspecified atom stereocenters. The first kappa shape index (κ1) is 19.0. The van der Waals surface area contributed by atoms with E-state index in [0.717, 1.165) is 16.6 Å². The molecular weight excluding hydrogens is 392 g/mol. The van der Waals surface area contributed by atoms with Crippen molar-refractivity contribution in [1.29, 1.82) is 0 Å². The average molecular weight is 409 g/mol. The van der Waals surface area contributed by atoms with Crippen molar-refractivity contribution in [1.82, 2.24) is 9.88 Å². The summed E-state index contributed by atoms with van der Waals surface area (Å²) in [5.41, 5.74) is 3.42. The number of Topliss-reactive ketones (excluding diaryl/α,β-unsaturated/α-hetero) is 1. The summed E-state index contributed by atoms with van der Waals surface area (Å²) in [6.45, 7) is 2.41. The first-order valence-electron chi connectivity index (χ1n) is 8.97. The molecule has 3 aromatic rings. The van der Waals surface area contributed by atoms with E-state index in [1.165, 1.54) is 6.08 Å². The Hall–Kier alpha value is -3.38. The Balaban J connectivity index is 1.68. The normalized spacial score (nSPS) is 13.3. The number of rotatable bonds is 5. The minimum Gasteiger partial charge on any atom is -0.456 e. The van der Waals surface area contributed by atoms with Gasteiger partial charge in [0.1, 0.15) is 6.61 Å². The van der Waals surface area contributed by atoms with Crippen molar-refractivity contribution < 1.29 is 19.1 Å². The molecule has 0 bridgehead atoms. The molecule has 4 rings (SSSR count). The van der Waals surface area contributed by atoms with Crippen LogP contribution < -0.4 is 5.32 Å². The highest BCUT2D eigenvalue weighted by Gasteiger charge is 2.24. The first-order chi connectivity index (χ1) is 13.9. The lowest BCUT2D eigenvalue weighted by Gasteiger charge is -2.06. The fourth-order valence-electron chi connectivity index (χ4n) is 3.28. The number of ketones is 1. The number of benzene rings is 2. The summed E-state index contributed by atoms with van der Waals surface area (Å²) in [4.78, 5) is 36.4. The number of hydrogen-bond acceptors (Lipinski definition) is 4. The Kier molecular flexibility index (Phi) is 4.94. The highest BCUT2D eigenvalue weighted by molar-refractivity contribution is 6.45. The summed E-state index contributed by atoms with van der Waals surface area (Å²) < 4.78 is 6.68. The Morgan fingerprint density at radius 3 is 2.62 bits per heavy atom. The lowest BCUT2D eigenvalue weighted by molar-refractivity contribution is -0.135. The van der Waals surface area contributed by atoms with Crippen LogP contribution in [0.4, 0.5) is 0 Å². The van der Waals surface area contributed by atoms with Gasteiger partial charge in [-0.05, 0) is 36.8 Å². The number of ether oxygens (including phenoxy) is 1. The van der Waals surface area contributed by atoms with Crippen molar-refractivity contribution in [2.24, 2.45) is 0 Å². The Morgan fingerprint density at radius 2 is 1.93 bits per heavy atom. The van der Waals surface area contributed by atoms with E-state index in [9.17, 15) is 14.4 Å². The van der Waals surface area contributed by atoms with E-state index in [2.05, 4.69) is 5.32 Å². The molecule has 0 aliphatic carbocycles. The number of hydrogen-bond donors (Lipinski definition) is 1. The van der Waals surface area contributed by atoms with Crippen molar-refractivity contribution >= 4 is 40.2 Å². The number of esters is 1. The number of nitrogens with one attached hydrogen (secondary N) is 1. The van der Waals surface area contributed by atoms with Gasteiger partial charge >= 0.3 is 5.97 Å². The molecule has 6 nitrogen and oxygen atoms in total. The van der Waals surface area contributed by atoms with Gasteiger partial charge in [-0.3, -0.25) is 9.59 Å². The Labute approximate surface area is 171 Å². The van der Waals surface area contributed by atoms with E-state index in [0.29, 0.717) is 22.5 Å². The molecule has 0 radical (unpaired) electrons. The minimum atomic E-state index is -0.804. The van der Waals surface area contributed by atoms with Gasteiger partial charge in [-0.2, -0.15) is 0 Å². The van der Waals surface area contributed by atoms with E-state index in [4.69, 9.17) is 16.3 Å². The zero-order chi connectivity index (χ0) is 20.5. The summed E-state index contributed by atoms with van der Waals surface area (Å²) >= 11 is 5.96.